The number of carboxylic acid groups (broad SMARTS) is 1. The van der Waals surface area contributed by atoms with Crippen LogP contribution in [0.25, 0.3) is 0 Å². The van der Waals surface area contributed by atoms with Gasteiger partial charge >= 0.3 is 5.97 Å². The molecule has 0 aliphatic rings. The van der Waals surface area contributed by atoms with E-state index in [-0.39, 0.29) is 65.8 Å². The summed E-state index contributed by atoms with van der Waals surface area (Å²) in [5.41, 5.74) is 14.1. The number of aromatic amines is 1. The predicted octanol–water partition coefficient (Wildman–Crippen LogP) is -3.35. The van der Waals surface area contributed by atoms with Gasteiger partial charge in [-0.1, -0.05) is 32.0 Å². The number of phenols is 1. The molecule has 1 aromatic heterocycles. The number of halogens is 8. The number of nitrogens with zero attached hydrogens (tertiary/aromatic N) is 1. The Morgan fingerprint density at radius 1 is 0.435 bits per heavy atom. The third kappa shape index (κ3) is 33.4. The zero-order chi connectivity index (χ0) is 98.1. The molecule has 0 bridgehead atoms. The lowest BCUT2D eigenvalue weighted by atomic mass is 10.00. The smallest absolute Gasteiger partial charge is 0.303 e. The molecule has 0 fully saturated rings. The van der Waals surface area contributed by atoms with E-state index >= 15 is 27.2 Å². The zero-order valence-corrected chi connectivity index (χ0v) is 72.0. The lowest BCUT2D eigenvalue weighted by molar-refractivity contribution is -0.139. The number of ether oxygens (including phenoxy) is 2. The lowest BCUT2D eigenvalue weighted by Crippen LogP contribution is -2.62. The van der Waals surface area contributed by atoms with E-state index in [9.17, 15) is 110 Å². The van der Waals surface area contributed by atoms with Gasteiger partial charge in [-0.2, -0.15) is 0 Å². The van der Waals surface area contributed by atoms with Crippen LogP contribution in [0.3, 0.4) is 0 Å². The van der Waals surface area contributed by atoms with Crippen LogP contribution in [-0.4, -0.2) is 248 Å². The number of unbranched alkanes of at least 4 members (excludes halogenated alkanes) is 1. The van der Waals surface area contributed by atoms with Gasteiger partial charge in [0, 0.05) is 63.6 Å². The van der Waals surface area contributed by atoms with E-state index in [1.54, 1.807) is 13.8 Å². The van der Waals surface area contributed by atoms with Gasteiger partial charge in [0.05, 0.1) is 45.1 Å². The number of aromatic nitrogens is 2. The highest BCUT2D eigenvalue weighted by atomic mass is 19.2. The molecule has 718 valence electrons. The normalized spacial score (nSPS) is 14.6. The minimum Gasteiger partial charge on any atom is -0.508 e. The minimum absolute atomic E-state index is 0.00536. The molecule has 0 aliphatic heterocycles. The second-order valence-corrected chi connectivity index (χ2v) is 30.8. The summed E-state index contributed by atoms with van der Waals surface area (Å²) in [4.78, 5) is 229. The van der Waals surface area contributed by atoms with Gasteiger partial charge in [-0.25, -0.2) is 40.1 Å². The van der Waals surface area contributed by atoms with Gasteiger partial charge in [0.1, 0.15) is 84.3 Å². The first kappa shape index (κ1) is 108. The quantitative estimate of drug-likeness (QED) is 0.00783. The number of aliphatic hydroxyl groups excluding tert-OH is 3. The number of carbonyl (C=O) groups is 16. The standard InChI is InChI=1S/C82H106F8N18O23/c1-35(2)23-51(97-39(6)112)78(125)107-68(37(4)110)81(128)105-53(27-41-14-19-58(130-7)59(29-41)131-8)75(122)100-50(18-21-61(115)116)73(120)103-55(30-43-32-94-34-95-43)77(124)102-52(26-40-12-15-44(113)16-13-40)76(123)104-56(31-45-62(85)65(88)67(90)66(89)63(45)86)74(121)96-36(3)71(118)99-49(17-20-60(92)114)72(119)101-54(28-42-24-46(83)64(87)47(84)25-42)79(126)108-69(38(5)111)82(129)106-57(33-109)80(127)98-48(70(93)117)11-9-10-22-91/h12-16,19,24-25,29,32,34-38,48-57,68-69,109-111,113H,9-11,17-18,20-23,26-28,30-31,33,91H2,1-8H3,(H2,92,114)(H2,93,117)(H,94,95)(H,96,121)(H,97,112)(H,98,127)(H,99,118)(H,100,122)(H,101,119)(H,102,124)(H,103,120)(H,104,123)(H,105,128)(H,106,129)(H,107,125)(H,108,126)(H,115,116)/t36-,37+,38+,48-,49-,50-,51-,52-,53-,54-,55-,56-,57-,68-,69-/m0/s1. The van der Waals surface area contributed by atoms with E-state index in [2.05, 4.69) is 57.8 Å². The van der Waals surface area contributed by atoms with Gasteiger partial charge in [-0.15, -0.1) is 0 Å². The summed E-state index contributed by atoms with van der Waals surface area (Å²) < 4.78 is 131. The monoisotopic (exact) mass is 1860 g/mol. The summed E-state index contributed by atoms with van der Waals surface area (Å²) in [6.07, 6.45) is -9.01. The van der Waals surface area contributed by atoms with Crippen LogP contribution in [0.4, 0.5) is 35.1 Å². The van der Waals surface area contributed by atoms with Crippen LogP contribution < -0.4 is 95.8 Å². The molecule has 0 radical (unpaired) electrons. The summed E-state index contributed by atoms with van der Waals surface area (Å²) in [5.74, 6) is -40.4. The third-order valence-electron chi connectivity index (χ3n) is 19.9. The van der Waals surface area contributed by atoms with Crippen LogP contribution in [0.5, 0.6) is 17.2 Å². The van der Waals surface area contributed by atoms with Crippen LogP contribution in [0, 0.1) is 52.5 Å². The number of hydrogen-bond donors (Lipinski definition) is 22. The maximum absolute atomic E-state index is 15.9. The van der Waals surface area contributed by atoms with Crippen molar-refractivity contribution < 1.29 is 147 Å². The summed E-state index contributed by atoms with van der Waals surface area (Å²) in [6.45, 7) is 6.41. The van der Waals surface area contributed by atoms with Crippen molar-refractivity contribution in [1.29, 1.82) is 0 Å². The fourth-order valence-corrected chi connectivity index (χ4v) is 12.9. The number of nitrogens with two attached hydrogens (primary N) is 3. The molecule has 0 aliphatic carbocycles. The number of amides is 15. The van der Waals surface area contributed by atoms with Gasteiger partial charge in [0.2, 0.25) is 94.4 Å². The van der Waals surface area contributed by atoms with Gasteiger partial charge in [0.15, 0.2) is 52.2 Å². The number of carboxylic acids is 1. The number of nitrogens with one attached hydrogen (secondary N) is 14. The Hall–Kier alpha value is -13.7. The average molecular weight is 1860 g/mol. The number of aliphatic hydroxyl groups is 3. The first-order valence-electron chi connectivity index (χ1n) is 40.6. The molecular weight excluding hydrogens is 1760 g/mol. The number of aliphatic carboxylic acids is 1. The first-order chi connectivity index (χ1) is 61.6. The fraction of sp³-hybridized carbons (Fsp3) is 0.476. The molecule has 5 aromatic rings. The number of phenolic OH excluding ortho intramolecular Hbond substituents is 1. The maximum Gasteiger partial charge on any atom is 0.303 e. The Labute approximate surface area is 742 Å². The van der Waals surface area contributed by atoms with Crippen molar-refractivity contribution in [1.82, 2.24) is 79.1 Å². The number of H-pyrrole nitrogens is 1. The van der Waals surface area contributed by atoms with E-state index in [1.807, 2.05) is 21.3 Å². The van der Waals surface area contributed by atoms with Crippen molar-refractivity contribution in [3.05, 3.63) is 142 Å². The topological polar surface area (TPSA) is 656 Å². The van der Waals surface area contributed by atoms with Crippen molar-refractivity contribution in [2.75, 3.05) is 27.4 Å². The number of benzene rings is 4. The Morgan fingerprint density at radius 2 is 0.847 bits per heavy atom. The summed E-state index contributed by atoms with van der Waals surface area (Å²) in [5, 5.41) is 81.0. The largest absolute Gasteiger partial charge is 0.508 e. The SMILES string of the molecule is COc1ccc(C[C@H](NC(=O)[C@@H](NC(=O)[C@H](CC(C)C)NC(C)=O)[C@@H](C)O)C(=O)N[C@@H](CCC(=O)O)C(=O)N[C@@H](Cc2c[nH]cn2)C(=O)N[C@@H](Cc2ccc(O)cc2)C(=O)N[C@@H](Cc2c(F)c(F)c(F)c(F)c2F)C(=O)N[C@@H](C)C(=O)N[C@@H](CCC(N)=O)C(=O)N[C@@H](Cc2cc(F)c(F)c(F)c2)C(=O)N[C@H](C(=O)N[C@@H](CO)C(=O)N[C@@H](CCCCN)C(N)=O)[C@@H](C)O)cc1OC. The Morgan fingerprint density at radius 3 is 1.31 bits per heavy atom. The van der Waals surface area contributed by atoms with Crippen LogP contribution in [-0.2, 0) is 109 Å². The van der Waals surface area contributed by atoms with Gasteiger partial charge in [-0.3, -0.25) is 76.7 Å². The number of primary amides is 2. The average Bonchev–Trinajstić information content (AvgIpc) is 0.815. The highest BCUT2D eigenvalue weighted by Crippen LogP contribution is 2.29. The molecule has 0 saturated heterocycles. The number of imidazole rings is 1. The molecule has 15 atom stereocenters. The molecular formula is C82H106F8N18O23. The van der Waals surface area contributed by atoms with Gasteiger partial charge < -0.3 is 126 Å². The van der Waals surface area contributed by atoms with Crippen molar-refractivity contribution in [2.45, 2.75) is 216 Å². The number of methoxy groups -OCH3 is 2. The molecule has 49 heteroatoms. The lowest BCUT2D eigenvalue weighted by Gasteiger charge is -2.29. The van der Waals surface area contributed by atoms with E-state index < -0.39 is 307 Å². The highest BCUT2D eigenvalue weighted by Gasteiger charge is 2.41. The molecule has 41 nitrogen and oxygen atoms in total. The summed E-state index contributed by atoms with van der Waals surface area (Å²) >= 11 is 0. The van der Waals surface area contributed by atoms with Crippen molar-refractivity contribution in [2.24, 2.45) is 23.1 Å². The van der Waals surface area contributed by atoms with E-state index in [1.165, 1.54) is 50.7 Å². The van der Waals surface area contributed by atoms with E-state index in [0.717, 1.165) is 46.2 Å². The molecule has 25 N–H and O–H groups in total. The number of hydrogen-bond acceptors (Lipinski definition) is 24. The molecule has 15 amide bonds. The van der Waals surface area contributed by atoms with Gasteiger partial charge in [-0.05, 0) is 125 Å². The second-order valence-electron chi connectivity index (χ2n) is 30.8. The number of rotatable bonds is 53. The second kappa shape index (κ2) is 51.5. The zero-order valence-electron chi connectivity index (χ0n) is 72.0. The maximum atomic E-state index is 15.9. The highest BCUT2D eigenvalue weighted by molar-refractivity contribution is 6.01. The Bertz CT molecular complexity index is 4860. The molecule has 0 spiro atoms. The van der Waals surface area contributed by atoms with Crippen molar-refractivity contribution in [3.63, 3.8) is 0 Å². The minimum atomic E-state index is -2.71. The Balaban J connectivity index is 1.54. The van der Waals surface area contributed by atoms with Crippen LogP contribution in [0.15, 0.2) is 67.1 Å². The van der Waals surface area contributed by atoms with Crippen molar-refractivity contribution in [3.8, 4) is 17.2 Å². The molecule has 0 saturated carbocycles. The first-order valence-corrected chi connectivity index (χ1v) is 40.6. The molecule has 0 unspecified atom stereocenters. The summed E-state index contributed by atoms with van der Waals surface area (Å²) in [7, 11) is 2.58. The van der Waals surface area contributed by atoms with Crippen LogP contribution in [0.2, 0.25) is 0 Å². The van der Waals surface area contributed by atoms with Crippen molar-refractivity contribution >= 4 is 94.6 Å². The van der Waals surface area contributed by atoms with Crippen LogP contribution in [0.1, 0.15) is 121 Å². The summed E-state index contributed by atoms with van der Waals surface area (Å²) in [6, 6.07) is -16.6. The van der Waals surface area contributed by atoms with E-state index in [4.69, 9.17) is 26.7 Å². The fourth-order valence-electron chi connectivity index (χ4n) is 12.9. The Kier molecular flexibility index (Phi) is 42.4. The molecule has 5 rings (SSSR count). The third-order valence-corrected chi connectivity index (χ3v) is 19.9. The number of carbonyl (C=O) groups excluding carboxylic acids is 15. The molecule has 131 heavy (non-hydrogen) atoms. The predicted molar refractivity (Wildman–Crippen MR) is 441 cm³/mol. The molecule has 4 aromatic carbocycles. The molecule has 1 heterocycles. The number of aromatic hydroxyl groups is 1. The van der Waals surface area contributed by atoms with Gasteiger partial charge in [0.25, 0.3) is 0 Å². The van der Waals surface area contributed by atoms with E-state index in [0.29, 0.717) is 18.6 Å². The van der Waals surface area contributed by atoms with Crippen LogP contribution >= 0.6 is 0 Å².